The summed E-state index contributed by atoms with van der Waals surface area (Å²) in [6, 6.07) is 4.46. The number of methoxy groups -OCH3 is 3. The third-order valence-electron chi connectivity index (χ3n) is 9.04. The Kier molecular flexibility index (Phi) is 7.84. The minimum atomic E-state index is -1.35. The minimum Gasteiger partial charge on any atom is -0.506 e. The van der Waals surface area contributed by atoms with E-state index in [0.717, 1.165) is 4.90 Å². The molecule has 0 saturated carbocycles. The number of phenols is 1. The topological polar surface area (TPSA) is 163 Å². The number of benzene rings is 3. The number of likely N-dealkylation sites (N-methyl/N-ethyl adjacent to an activating group) is 1. The van der Waals surface area contributed by atoms with E-state index in [0.29, 0.717) is 5.56 Å². The molecule has 0 fully saturated rings. The number of aliphatic hydroxyl groups excluding tert-OH is 1. The Morgan fingerprint density at radius 1 is 1.10 bits per heavy atom. The summed E-state index contributed by atoms with van der Waals surface area (Å²) in [7, 11) is 5.59. The van der Waals surface area contributed by atoms with Crippen LogP contribution in [0.15, 0.2) is 40.1 Å². The van der Waals surface area contributed by atoms with Gasteiger partial charge in [0.05, 0.1) is 23.1 Å². The van der Waals surface area contributed by atoms with Gasteiger partial charge in [-0.25, -0.2) is 0 Å². The molecule has 3 heterocycles. The zero-order chi connectivity index (χ0) is 34.2. The van der Waals surface area contributed by atoms with Crippen molar-refractivity contribution in [1.29, 1.82) is 0 Å². The first-order valence-electron chi connectivity index (χ1n) is 14.9. The number of esters is 1. The SMILES string of the molecule is C=CCCC(=O)Oc1c2c3c(c4oc5c(OC)c(Cl)ccc5c(=O)c14)OCOC3C(OC)c1cc3c(c(O)c1-2)C(=O)N(C)C(OC)C3O. The van der Waals surface area contributed by atoms with Crippen molar-refractivity contribution < 1.29 is 52.6 Å². The van der Waals surface area contributed by atoms with Crippen LogP contribution >= 0.6 is 11.6 Å². The van der Waals surface area contributed by atoms with Gasteiger partial charge in [0, 0.05) is 49.9 Å². The van der Waals surface area contributed by atoms with Crippen molar-refractivity contribution in [2.24, 2.45) is 0 Å². The number of carbonyl (C=O) groups excluding carboxylic acids is 2. The fourth-order valence-electron chi connectivity index (χ4n) is 6.90. The second kappa shape index (κ2) is 11.8. The van der Waals surface area contributed by atoms with Gasteiger partial charge in [-0.15, -0.1) is 6.58 Å². The fourth-order valence-corrected chi connectivity index (χ4v) is 7.13. The zero-order valence-electron chi connectivity index (χ0n) is 26.2. The van der Waals surface area contributed by atoms with Gasteiger partial charge < -0.3 is 48.0 Å². The number of carbonyl (C=O) groups is 2. The summed E-state index contributed by atoms with van der Waals surface area (Å²) < 4.78 is 41.2. The maximum atomic E-state index is 14.4. The summed E-state index contributed by atoms with van der Waals surface area (Å²) in [6.07, 6.45) is -2.54. The maximum absolute atomic E-state index is 14.4. The van der Waals surface area contributed by atoms with E-state index in [-0.39, 0.29) is 91.7 Å². The van der Waals surface area contributed by atoms with Crippen LogP contribution in [0.1, 0.15) is 58.2 Å². The van der Waals surface area contributed by atoms with E-state index in [1.54, 1.807) is 6.08 Å². The lowest BCUT2D eigenvalue weighted by Crippen LogP contribution is -2.47. The molecule has 48 heavy (non-hydrogen) atoms. The summed E-state index contributed by atoms with van der Waals surface area (Å²) in [5.74, 6) is -1.97. The normalized spacial score (nSPS) is 21.0. The fraction of sp³-hybridized carbons (Fsp3) is 0.324. The van der Waals surface area contributed by atoms with Gasteiger partial charge in [0.15, 0.2) is 41.4 Å². The van der Waals surface area contributed by atoms with Gasteiger partial charge in [-0.1, -0.05) is 17.7 Å². The molecule has 13 nitrogen and oxygen atoms in total. The average molecular weight is 680 g/mol. The van der Waals surface area contributed by atoms with E-state index < -0.39 is 47.6 Å². The molecule has 0 radical (unpaired) electrons. The number of aromatic hydroxyl groups is 1. The van der Waals surface area contributed by atoms with Gasteiger partial charge >= 0.3 is 5.97 Å². The number of nitrogens with zero attached hydrogens (tertiary/aromatic N) is 1. The standard InChI is InChI=1S/C34H30ClNO12/c1-6-7-8-17(37)47-29-20-18-15(11-14-19(25(18)40)33(41)36(2)34(44-5)24(14)39)26(42-3)30-21(20)31(46-12-45-30)32-22(29)23(38)13-9-10-16(35)28(43-4)27(13)48-32/h6,9-11,24,26,30,34,39-40H,1,7-8,12H2,2-5H3. The summed E-state index contributed by atoms with van der Waals surface area (Å²) in [5, 5.41) is 23.4. The van der Waals surface area contributed by atoms with Gasteiger partial charge in [-0.05, 0) is 30.2 Å². The van der Waals surface area contributed by atoms with Crippen LogP contribution in [-0.2, 0) is 19.0 Å². The van der Waals surface area contributed by atoms with Crippen molar-refractivity contribution in [3.8, 4) is 34.1 Å². The van der Waals surface area contributed by atoms with Crippen LogP contribution in [0.3, 0.4) is 0 Å². The van der Waals surface area contributed by atoms with Crippen LogP contribution < -0.4 is 19.6 Å². The van der Waals surface area contributed by atoms with Crippen molar-refractivity contribution in [2.75, 3.05) is 35.2 Å². The molecule has 2 N–H and O–H groups in total. The first kappa shape index (κ1) is 31.9. The van der Waals surface area contributed by atoms with Crippen LogP contribution in [0.5, 0.6) is 23.0 Å². The zero-order valence-corrected chi connectivity index (χ0v) is 27.0. The lowest BCUT2D eigenvalue weighted by molar-refractivity contribution is -0.134. The number of amides is 1. The Hall–Kier alpha value is -4.66. The van der Waals surface area contributed by atoms with Gasteiger partial charge in [-0.2, -0.15) is 0 Å². The molecule has 1 amide bonds. The number of allylic oxidation sites excluding steroid dienone is 1. The first-order chi connectivity index (χ1) is 23.1. The van der Waals surface area contributed by atoms with Crippen molar-refractivity contribution in [2.45, 2.75) is 37.4 Å². The summed E-state index contributed by atoms with van der Waals surface area (Å²) in [6.45, 7) is 3.37. The highest BCUT2D eigenvalue weighted by Crippen LogP contribution is 2.61. The summed E-state index contributed by atoms with van der Waals surface area (Å²) >= 11 is 6.38. The Balaban J connectivity index is 1.67. The molecule has 0 saturated heterocycles. The van der Waals surface area contributed by atoms with Gasteiger partial charge in [0.1, 0.15) is 29.4 Å². The van der Waals surface area contributed by atoms with Crippen molar-refractivity contribution >= 4 is 45.4 Å². The molecule has 3 aliphatic rings. The average Bonchev–Trinajstić information content (AvgIpc) is 3.07. The largest absolute Gasteiger partial charge is 0.506 e. The highest BCUT2D eigenvalue weighted by Gasteiger charge is 2.48. The molecule has 250 valence electrons. The third kappa shape index (κ3) is 4.35. The Morgan fingerprint density at radius 3 is 2.56 bits per heavy atom. The molecule has 0 spiro atoms. The first-order valence-corrected chi connectivity index (χ1v) is 15.3. The van der Waals surface area contributed by atoms with Gasteiger partial charge in [0.2, 0.25) is 5.43 Å². The van der Waals surface area contributed by atoms with E-state index in [4.69, 9.17) is 44.4 Å². The second-order valence-electron chi connectivity index (χ2n) is 11.5. The molecular formula is C34H30ClNO12. The number of fused-ring (bicyclic) bond motifs is 6. The number of hydrogen-bond donors (Lipinski definition) is 2. The van der Waals surface area contributed by atoms with E-state index in [2.05, 4.69) is 6.58 Å². The molecule has 4 unspecified atom stereocenters. The Bertz CT molecular complexity index is 2120. The number of rotatable bonds is 7. The quantitative estimate of drug-likeness (QED) is 0.116. The van der Waals surface area contributed by atoms with Crippen LogP contribution in [0.25, 0.3) is 33.1 Å². The van der Waals surface area contributed by atoms with Gasteiger partial charge in [-0.3, -0.25) is 14.4 Å². The molecule has 1 aromatic heterocycles. The molecule has 2 aliphatic heterocycles. The predicted molar refractivity (Wildman–Crippen MR) is 171 cm³/mol. The van der Waals surface area contributed by atoms with E-state index >= 15 is 0 Å². The molecule has 14 heteroatoms. The van der Waals surface area contributed by atoms with Crippen molar-refractivity contribution in [3.63, 3.8) is 0 Å². The van der Waals surface area contributed by atoms with E-state index in [1.807, 2.05) is 0 Å². The number of halogens is 1. The van der Waals surface area contributed by atoms with Crippen LogP contribution in [-0.4, -0.2) is 68.4 Å². The number of phenolic OH excluding ortho intramolecular Hbond substituents is 1. The monoisotopic (exact) mass is 679 g/mol. The van der Waals surface area contributed by atoms with Crippen LogP contribution in [0.4, 0.5) is 0 Å². The van der Waals surface area contributed by atoms with Crippen LogP contribution in [0, 0.1) is 0 Å². The highest BCUT2D eigenvalue weighted by atomic mass is 35.5. The molecule has 7 rings (SSSR count). The van der Waals surface area contributed by atoms with E-state index in [1.165, 1.54) is 46.6 Å². The minimum absolute atomic E-state index is 0.0219. The molecule has 4 atom stereocenters. The van der Waals surface area contributed by atoms with Crippen molar-refractivity contribution in [3.05, 3.63) is 68.4 Å². The molecule has 4 aromatic rings. The predicted octanol–water partition coefficient (Wildman–Crippen LogP) is 5.05. The maximum Gasteiger partial charge on any atom is 0.311 e. The molecular weight excluding hydrogens is 650 g/mol. The third-order valence-corrected chi connectivity index (χ3v) is 9.34. The Labute approximate surface area is 277 Å². The highest BCUT2D eigenvalue weighted by molar-refractivity contribution is 6.33. The summed E-state index contributed by atoms with van der Waals surface area (Å²) in [5.41, 5.74) is -0.155. The lowest BCUT2D eigenvalue weighted by atomic mass is 9.76. The van der Waals surface area contributed by atoms with Gasteiger partial charge in [0.25, 0.3) is 5.91 Å². The van der Waals surface area contributed by atoms with Crippen molar-refractivity contribution in [1.82, 2.24) is 4.90 Å². The van der Waals surface area contributed by atoms with Crippen LogP contribution in [0.2, 0.25) is 5.02 Å². The number of ether oxygens (including phenoxy) is 6. The summed E-state index contributed by atoms with van der Waals surface area (Å²) in [4.78, 5) is 42.6. The molecule has 3 aromatic carbocycles. The Morgan fingerprint density at radius 2 is 1.88 bits per heavy atom. The lowest BCUT2D eigenvalue weighted by Gasteiger charge is -2.41. The smallest absolute Gasteiger partial charge is 0.311 e. The molecule has 1 aliphatic carbocycles. The molecule has 0 bridgehead atoms. The second-order valence-corrected chi connectivity index (χ2v) is 11.9. The van der Waals surface area contributed by atoms with E-state index in [9.17, 15) is 24.6 Å². The number of aliphatic hydroxyl groups is 1. The number of hydrogen-bond acceptors (Lipinski definition) is 12.